The average molecular weight is 476 g/mol. The maximum Gasteiger partial charge on any atom is 0.227 e. The van der Waals surface area contributed by atoms with Crippen molar-refractivity contribution in [2.24, 2.45) is 0 Å². The van der Waals surface area contributed by atoms with E-state index in [1.54, 1.807) is 7.11 Å². The molecule has 1 atom stereocenters. The number of para-hydroxylation sites is 4. The molecule has 0 bridgehead atoms. The fourth-order valence-corrected chi connectivity index (χ4v) is 4.57. The Labute approximate surface area is 189 Å². The Morgan fingerprint density at radius 1 is 1.03 bits per heavy atom. The van der Waals surface area contributed by atoms with Crippen LogP contribution in [0.25, 0.3) is 11.0 Å². The predicted molar refractivity (Wildman–Crippen MR) is 126 cm³/mol. The van der Waals surface area contributed by atoms with Crippen LogP contribution in [0.3, 0.4) is 0 Å². The lowest BCUT2D eigenvalue weighted by Crippen LogP contribution is -2.25. The molecule has 0 aliphatic carbocycles. The molecule has 1 aromatic heterocycles. The van der Waals surface area contributed by atoms with Crippen molar-refractivity contribution in [3.05, 3.63) is 88.7 Å². The smallest absolute Gasteiger partial charge is 0.227 e. The van der Waals surface area contributed by atoms with Gasteiger partial charge < -0.3 is 14.2 Å². The van der Waals surface area contributed by atoms with E-state index < -0.39 is 0 Å². The Morgan fingerprint density at radius 2 is 1.77 bits per heavy atom. The van der Waals surface area contributed by atoms with E-state index in [0.717, 1.165) is 27.0 Å². The van der Waals surface area contributed by atoms with E-state index in [0.29, 0.717) is 25.3 Å². The van der Waals surface area contributed by atoms with Gasteiger partial charge in [-0.3, -0.25) is 4.79 Å². The Kier molecular flexibility index (Phi) is 5.24. The molecule has 5 nitrogen and oxygen atoms in total. The number of imidazole rings is 1. The molecule has 1 aliphatic rings. The SMILES string of the molecule is COc1ccccc1N1C[C@H](c2nc3ccccc3n2Cc2ccc(Br)cc2)CC1=O. The van der Waals surface area contributed by atoms with Crippen molar-refractivity contribution >= 4 is 38.6 Å². The zero-order valence-corrected chi connectivity index (χ0v) is 18.7. The molecule has 1 saturated heterocycles. The monoisotopic (exact) mass is 475 g/mol. The molecule has 4 aromatic rings. The first-order chi connectivity index (χ1) is 15.1. The minimum absolute atomic E-state index is 0.0141. The predicted octanol–water partition coefficient (Wildman–Crippen LogP) is 5.38. The first-order valence-electron chi connectivity index (χ1n) is 10.3. The van der Waals surface area contributed by atoms with Crippen LogP contribution in [-0.4, -0.2) is 29.1 Å². The number of ether oxygens (including phenoxy) is 1. The van der Waals surface area contributed by atoms with Gasteiger partial charge in [0.2, 0.25) is 5.91 Å². The lowest BCUT2D eigenvalue weighted by Gasteiger charge is -2.20. The molecule has 1 amide bonds. The van der Waals surface area contributed by atoms with Crippen molar-refractivity contribution in [2.75, 3.05) is 18.6 Å². The number of rotatable bonds is 5. The van der Waals surface area contributed by atoms with Crippen LogP contribution in [0.15, 0.2) is 77.3 Å². The lowest BCUT2D eigenvalue weighted by atomic mass is 10.1. The number of carbonyl (C=O) groups is 1. The van der Waals surface area contributed by atoms with Crippen LogP contribution in [0.2, 0.25) is 0 Å². The highest BCUT2D eigenvalue weighted by molar-refractivity contribution is 9.10. The summed E-state index contributed by atoms with van der Waals surface area (Å²) in [6, 6.07) is 24.2. The summed E-state index contributed by atoms with van der Waals surface area (Å²) in [5.41, 5.74) is 4.05. The van der Waals surface area contributed by atoms with Gasteiger partial charge in [-0.2, -0.15) is 0 Å². The Morgan fingerprint density at radius 3 is 2.58 bits per heavy atom. The third kappa shape index (κ3) is 3.72. The van der Waals surface area contributed by atoms with Gasteiger partial charge in [-0.15, -0.1) is 0 Å². The molecule has 0 radical (unpaired) electrons. The average Bonchev–Trinajstić information content (AvgIpc) is 3.36. The topological polar surface area (TPSA) is 47.4 Å². The molecule has 0 spiro atoms. The molecule has 5 rings (SSSR count). The summed E-state index contributed by atoms with van der Waals surface area (Å²) in [5, 5.41) is 0. The van der Waals surface area contributed by atoms with Gasteiger partial charge >= 0.3 is 0 Å². The van der Waals surface area contributed by atoms with Gasteiger partial charge in [0.15, 0.2) is 0 Å². The minimum Gasteiger partial charge on any atom is -0.495 e. The molecular formula is C25H22BrN3O2. The van der Waals surface area contributed by atoms with Crippen LogP contribution < -0.4 is 9.64 Å². The number of amides is 1. The molecule has 156 valence electrons. The first-order valence-corrected chi connectivity index (χ1v) is 11.1. The normalized spacial score (nSPS) is 16.3. The molecule has 2 heterocycles. The van der Waals surface area contributed by atoms with Gasteiger partial charge in [0.1, 0.15) is 11.6 Å². The van der Waals surface area contributed by atoms with Gasteiger partial charge in [0, 0.05) is 29.9 Å². The number of aromatic nitrogens is 2. The van der Waals surface area contributed by atoms with Crippen molar-refractivity contribution in [1.29, 1.82) is 0 Å². The van der Waals surface area contributed by atoms with E-state index >= 15 is 0 Å². The van der Waals surface area contributed by atoms with Gasteiger partial charge in [-0.25, -0.2) is 4.98 Å². The van der Waals surface area contributed by atoms with Crippen molar-refractivity contribution < 1.29 is 9.53 Å². The highest BCUT2D eigenvalue weighted by Gasteiger charge is 2.35. The minimum atomic E-state index is 0.0141. The summed E-state index contributed by atoms with van der Waals surface area (Å²) in [6.07, 6.45) is 0.432. The Hall–Kier alpha value is -3.12. The number of carbonyl (C=O) groups excluding carboxylic acids is 1. The highest BCUT2D eigenvalue weighted by Crippen LogP contribution is 2.37. The summed E-state index contributed by atoms with van der Waals surface area (Å²) in [4.78, 5) is 19.8. The van der Waals surface area contributed by atoms with E-state index in [1.165, 1.54) is 5.56 Å². The fourth-order valence-electron chi connectivity index (χ4n) is 4.31. The number of anilines is 1. The van der Waals surface area contributed by atoms with E-state index in [-0.39, 0.29) is 11.8 Å². The van der Waals surface area contributed by atoms with Crippen molar-refractivity contribution in [3.8, 4) is 5.75 Å². The Bertz CT molecular complexity index is 1250. The molecule has 1 aliphatic heterocycles. The molecule has 3 aromatic carbocycles. The third-order valence-electron chi connectivity index (χ3n) is 5.80. The largest absolute Gasteiger partial charge is 0.495 e. The Balaban J connectivity index is 1.53. The van der Waals surface area contributed by atoms with E-state index in [2.05, 4.69) is 50.8 Å². The summed E-state index contributed by atoms with van der Waals surface area (Å²) < 4.78 is 8.80. The second-order valence-electron chi connectivity index (χ2n) is 7.75. The summed E-state index contributed by atoms with van der Waals surface area (Å²) in [5.74, 6) is 1.77. The zero-order chi connectivity index (χ0) is 21.4. The standard InChI is InChI=1S/C25H22BrN3O2/c1-31-23-9-5-4-8-22(23)28-16-18(14-24(28)30)25-27-20-6-2-3-7-21(20)29(25)15-17-10-12-19(26)13-11-17/h2-13,18H,14-16H2,1H3/t18-/m1/s1. The molecule has 1 fully saturated rings. The number of hydrogen-bond donors (Lipinski definition) is 0. The van der Waals surface area contributed by atoms with Crippen LogP contribution in [-0.2, 0) is 11.3 Å². The summed E-state index contributed by atoms with van der Waals surface area (Å²) in [6.45, 7) is 1.30. The van der Waals surface area contributed by atoms with E-state index in [4.69, 9.17) is 9.72 Å². The van der Waals surface area contributed by atoms with Crippen LogP contribution in [0.4, 0.5) is 5.69 Å². The molecule has 31 heavy (non-hydrogen) atoms. The van der Waals surface area contributed by atoms with Crippen molar-refractivity contribution in [2.45, 2.75) is 18.9 Å². The maximum atomic E-state index is 13.0. The van der Waals surface area contributed by atoms with Crippen molar-refractivity contribution in [3.63, 3.8) is 0 Å². The van der Waals surface area contributed by atoms with E-state index in [1.807, 2.05) is 47.4 Å². The number of methoxy groups -OCH3 is 1. The number of fused-ring (bicyclic) bond motifs is 1. The highest BCUT2D eigenvalue weighted by atomic mass is 79.9. The van der Waals surface area contributed by atoms with Crippen molar-refractivity contribution in [1.82, 2.24) is 9.55 Å². The van der Waals surface area contributed by atoms with Crippen LogP contribution >= 0.6 is 15.9 Å². The number of nitrogens with zero attached hydrogens (tertiary/aromatic N) is 3. The van der Waals surface area contributed by atoms with Gasteiger partial charge in [0.25, 0.3) is 0 Å². The second-order valence-corrected chi connectivity index (χ2v) is 8.66. The molecule has 0 saturated carbocycles. The quantitative estimate of drug-likeness (QED) is 0.389. The maximum absolute atomic E-state index is 13.0. The summed E-state index contributed by atoms with van der Waals surface area (Å²) in [7, 11) is 1.63. The van der Waals surface area contributed by atoms with Gasteiger partial charge in [-0.05, 0) is 42.0 Å². The van der Waals surface area contributed by atoms with E-state index in [9.17, 15) is 4.79 Å². The molecule has 0 N–H and O–H groups in total. The number of benzene rings is 3. The van der Waals surface area contributed by atoms with Crippen LogP contribution in [0.5, 0.6) is 5.75 Å². The first kappa shape index (κ1) is 19.8. The number of hydrogen-bond acceptors (Lipinski definition) is 3. The molecule has 0 unspecified atom stereocenters. The lowest BCUT2D eigenvalue weighted by molar-refractivity contribution is -0.117. The van der Waals surface area contributed by atoms with Crippen LogP contribution in [0.1, 0.15) is 23.7 Å². The van der Waals surface area contributed by atoms with Gasteiger partial charge in [0.05, 0.1) is 23.8 Å². The third-order valence-corrected chi connectivity index (χ3v) is 6.33. The molecular weight excluding hydrogens is 454 g/mol. The summed E-state index contributed by atoms with van der Waals surface area (Å²) >= 11 is 3.51. The molecule has 6 heteroatoms. The fraction of sp³-hybridized carbons (Fsp3) is 0.200. The second kappa shape index (κ2) is 8.19. The zero-order valence-electron chi connectivity index (χ0n) is 17.2. The van der Waals surface area contributed by atoms with Crippen LogP contribution in [0, 0.1) is 0 Å². The number of halogens is 1. The van der Waals surface area contributed by atoms with Gasteiger partial charge in [-0.1, -0.05) is 52.3 Å².